The molecule has 8 heteroatoms. The quantitative estimate of drug-likeness (QED) is 0.650. The lowest BCUT2D eigenvalue weighted by Crippen LogP contribution is -2.49. The van der Waals surface area contributed by atoms with E-state index in [2.05, 4.69) is 14.9 Å². The summed E-state index contributed by atoms with van der Waals surface area (Å²) in [6.07, 6.45) is 0. The summed E-state index contributed by atoms with van der Waals surface area (Å²) in [5.41, 5.74) is 0.815. The number of carbonyl (C=O) groups is 2. The molecule has 3 rings (SSSR count). The molecule has 1 atom stereocenters. The Bertz CT molecular complexity index is 1000. The number of nitrogens with zero attached hydrogens (tertiary/aromatic N) is 3. The van der Waals surface area contributed by atoms with Crippen molar-refractivity contribution < 1.29 is 14.3 Å². The van der Waals surface area contributed by atoms with Crippen molar-refractivity contribution in [3.63, 3.8) is 0 Å². The van der Waals surface area contributed by atoms with Crippen LogP contribution in [-0.2, 0) is 4.79 Å². The first kappa shape index (κ1) is 21.4. The first-order chi connectivity index (χ1) is 14.3. The summed E-state index contributed by atoms with van der Waals surface area (Å²) < 4.78 is 9.33. The molecule has 0 aliphatic heterocycles. The molecule has 156 valence electrons. The lowest BCUT2D eigenvalue weighted by Gasteiger charge is -2.33. The van der Waals surface area contributed by atoms with Gasteiger partial charge < -0.3 is 10.1 Å². The fourth-order valence-electron chi connectivity index (χ4n) is 3.08. The molecule has 1 heterocycles. The smallest absolute Gasteiger partial charge is 0.280 e. The van der Waals surface area contributed by atoms with Gasteiger partial charge in [-0.05, 0) is 50.5 Å². The summed E-state index contributed by atoms with van der Waals surface area (Å²) in [4.78, 5) is 28.5. The number of carbonyl (C=O) groups excluding carboxylic acids is 2. The summed E-state index contributed by atoms with van der Waals surface area (Å²) in [6, 6.07) is 15.3. The molecular formula is C22H24N4O3S. The molecule has 7 nitrogen and oxygen atoms in total. The molecule has 0 bridgehead atoms. The third-order valence-corrected chi connectivity index (χ3v) is 4.78. The van der Waals surface area contributed by atoms with E-state index in [9.17, 15) is 9.59 Å². The van der Waals surface area contributed by atoms with Crippen LogP contribution < -0.4 is 15.0 Å². The van der Waals surface area contributed by atoms with Crippen LogP contribution in [-0.4, -0.2) is 34.1 Å². The number of ether oxygens (including phenoxy) is 1. The summed E-state index contributed by atoms with van der Waals surface area (Å²) in [5.74, 6) is -0.237. The minimum atomic E-state index is -0.975. The van der Waals surface area contributed by atoms with E-state index in [1.54, 1.807) is 29.6 Å². The van der Waals surface area contributed by atoms with Crippen molar-refractivity contribution in [3.8, 4) is 5.75 Å². The normalized spacial score (nSPS) is 12.1. The van der Waals surface area contributed by atoms with Crippen molar-refractivity contribution in [1.29, 1.82) is 0 Å². The highest BCUT2D eigenvalue weighted by atomic mass is 32.1. The fraction of sp³-hybridized carbons (Fsp3) is 0.273. The van der Waals surface area contributed by atoms with E-state index in [1.165, 1.54) is 12.0 Å². The van der Waals surface area contributed by atoms with E-state index in [1.807, 2.05) is 51.1 Å². The minimum Gasteiger partial charge on any atom is -0.496 e. The van der Waals surface area contributed by atoms with Gasteiger partial charge in [0.05, 0.1) is 7.11 Å². The van der Waals surface area contributed by atoms with Crippen LogP contribution in [0.25, 0.3) is 0 Å². The summed E-state index contributed by atoms with van der Waals surface area (Å²) in [5, 5.41) is 8.50. The van der Waals surface area contributed by atoms with Gasteiger partial charge >= 0.3 is 0 Å². The van der Waals surface area contributed by atoms with Crippen LogP contribution in [0.15, 0.2) is 60.0 Å². The van der Waals surface area contributed by atoms with Crippen molar-refractivity contribution in [2.45, 2.75) is 32.4 Å². The van der Waals surface area contributed by atoms with Gasteiger partial charge in [-0.25, -0.2) is 0 Å². The molecule has 0 unspecified atom stereocenters. The molecular weight excluding hydrogens is 400 g/mol. The van der Waals surface area contributed by atoms with Crippen LogP contribution in [0, 0.1) is 0 Å². The molecule has 0 fully saturated rings. The maximum absolute atomic E-state index is 13.5. The van der Waals surface area contributed by atoms with Crippen LogP contribution in [0.4, 0.5) is 5.69 Å². The molecule has 0 radical (unpaired) electrons. The van der Waals surface area contributed by atoms with Gasteiger partial charge in [0.25, 0.3) is 5.91 Å². The predicted molar refractivity (Wildman–Crippen MR) is 117 cm³/mol. The zero-order chi connectivity index (χ0) is 21.7. The number of hydrogen-bond donors (Lipinski definition) is 1. The van der Waals surface area contributed by atoms with Crippen molar-refractivity contribution in [3.05, 3.63) is 71.2 Å². The van der Waals surface area contributed by atoms with Gasteiger partial charge in [0, 0.05) is 22.2 Å². The molecule has 0 aliphatic rings. The largest absolute Gasteiger partial charge is 0.496 e. The summed E-state index contributed by atoms with van der Waals surface area (Å²) >= 11 is 1.08. The average molecular weight is 425 g/mol. The Morgan fingerprint density at radius 3 is 2.33 bits per heavy atom. The molecule has 0 saturated heterocycles. The number of para-hydroxylation sites is 2. The van der Waals surface area contributed by atoms with Gasteiger partial charge in [-0.3, -0.25) is 14.5 Å². The number of hydrogen-bond acceptors (Lipinski definition) is 6. The maximum atomic E-state index is 13.5. The molecule has 1 aromatic heterocycles. The number of anilines is 1. The number of amides is 2. The minimum absolute atomic E-state index is 0.173. The van der Waals surface area contributed by atoms with Crippen LogP contribution in [0.5, 0.6) is 5.75 Å². The van der Waals surface area contributed by atoms with Gasteiger partial charge in [0.1, 0.15) is 11.8 Å². The average Bonchev–Trinajstić information content (AvgIpc) is 3.25. The SMILES string of the molecule is COc1ccccc1[C@@H](C(=O)NC(C)(C)C)N(C(=O)c1csnn1)c1ccccc1. The van der Waals surface area contributed by atoms with Crippen molar-refractivity contribution in [2.24, 2.45) is 0 Å². The van der Waals surface area contributed by atoms with Gasteiger partial charge in [0.15, 0.2) is 5.69 Å². The molecule has 30 heavy (non-hydrogen) atoms. The van der Waals surface area contributed by atoms with Crippen LogP contribution in [0.3, 0.4) is 0 Å². The highest BCUT2D eigenvalue weighted by Crippen LogP contribution is 2.34. The van der Waals surface area contributed by atoms with Gasteiger partial charge in [-0.2, -0.15) is 0 Å². The van der Waals surface area contributed by atoms with Gasteiger partial charge in [0.2, 0.25) is 5.91 Å². The maximum Gasteiger partial charge on any atom is 0.280 e. The lowest BCUT2D eigenvalue weighted by atomic mass is 9.99. The Morgan fingerprint density at radius 1 is 1.07 bits per heavy atom. The summed E-state index contributed by atoms with van der Waals surface area (Å²) in [7, 11) is 1.54. The van der Waals surface area contributed by atoms with Crippen molar-refractivity contribution >= 4 is 29.0 Å². The second kappa shape index (κ2) is 9.04. The molecule has 2 amide bonds. The molecule has 0 saturated carbocycles. The zero-order valence-corrected chi connectivity index (χ0v) is 18.1. The third kappa shape index (κ3) is 4.83. The van der Waals surface area contributed by atoms with E-state index in [-0.39, 0.29) is 11.6 Å². The first-order valence-electron chi connectivity index (χ1n) is 9.42. The highest BCUT2D eigenvalue weighted by Gasteiger charge is 2.37. The molecule has 0 spiro atoms. The molecule has 3 aromatic rings. The Labute approximate surface area is 179 Å². The van der Waals surface area contributed by atoms with E-state index < -0.39 is 17.5 Å². The second-order valence-corrected chi connectivity index (χ2v) is 8.29. The second-order valence-electron chi connectivity index (χ2n) is 7.68. The zero-order valence-electron chi connectivity index (χ0n) is 17.3. The monoisotopic (exact) mass is 424 g/mol. The third-order valence-electron chi connectivity index (χ3n) is 4.27. The number of nitrogens with one attached hydrogen (secondary N) is 1. The summed E-state index contributed by atoms with van der Waals surface area (Å²) in [6.45, 7) is 5.68. The Morgan fingerprint density at radius 2 is 1.73 bits per heavy atom. The van der Waals surface area contributed by atoms with Crippen LogP contribution in [0.2, 0.25) is 0 Å². The Kier molecular flexibility index (Phi) is 6.47. The number of benzene rings is 2. The molecule has 0 aliphatic carbocycles. The highest BCUT2D eigenvalue weighted by molar-refractivity contribution is 7.03. The van der Waals surface area contributed by atoms with Crippen molar-refractivity contribution in [1.82, 2.24) is 14.9 Å². The standard InChI is InChI=1S/C22H24N4O3S/c1-22(2,3)23-20(27)19(16-12-8-9-13-18(16)29-4)26(15-10-6-5-7-11-15)21(28)17-14-30-25-24-17/h5-14,19H,1-4H3,(H,23,27)/t19-/m0/s1. The Balaban J connectivity index is 2.20. The van der Waals surface area contributed by atoms with E-state index in [0.717, 1.165) is 11.5 Å². The van der Waals surface area contributed by atoms with Crippen LogP contribution >= 0.6 is 11.5 Å². The van der Waals surface area contributed by atoms with E-state index in [4.69, 9.17) is 4.74 Å². The van der Waals surface area contributed by atoms with Gasteiger partial charge in [-0.15, -0.1) is 5.10 Å². The first-order valence-corrected chi connectivity index (χ1v) is 10.3. The van der Waals surface area contributed by atoms with Crippen LogP contribution in [0.1, 0.15) is 42.9 Å². The fourth-order valence-corrected chi connectivity index (χ4v) is 3.51. The number of rotatable bonds is 6. The van der Waals surface area contributed by atoms with Gasteiger partial charge in [-0.1, -0.05) is 40.9 Å². The Hall–Kier alpha value is -3.26. The molecule has 1 N–H and O–H groups in total. The topological polar surface area (TPSA) is 84.4 Å². The van der Waals surface area contributed by atoms with E-state index >= 15 is 0 Å². The van der Waals surface area contributed by atoms with E-state index in [0.29, 0.717) is 17.0 Å². The number of methoxy groups -OCH3 is 1. The molecule has 2 aromatic carbocycles. The van der Waals surface area contributed by atoms with Crippen molar-refractivity contribution in [2.75, 3.05) is 12.0 Å². The lowest BCUT2D eigenvalue weighted by molar-refractivity contribution is -0.123. The number of aromatic nitrogens is 2. The predicted octanol–water partition coefficient (Wildman–Crippen LogP) is 3.85.